The van der Waals surface area contributed by atoms with Crippen molar-refractivity contribution in [2.24, 2.45) is 0 Å². The lowest BCUT2D eigenvalue weighted by Crippen LogP contribution is -2.14. The number of carbonyl (C=O) groups excluding carboxylic acids is 1. The summed E-state index contributed by atoms with van der Waals surface area (Å²) >= 11 is 7.61. The normalized spacial score (nSPS) is 10.6. The summed E-state index contributed by atoms with van der Waals surface area (Å²) in [6.45, 7) is 0. The monoisotopic (exact) mass is 387 g/mol. The van der Waals surface area contributed by atoms with Crippen molar-refractivity contribution in [2.75, 3.05) is 25.3 Å². The van der Waals surface area contributed by atoms with Crippen molar-refractivity contribution in [3.05, 3.63) is 59.6 Å². The SMILES string of the molecule is COc1cc(OC)c(NC(=O)CSc2ccc3ccccc3c2)cc1Cl. The van der Waals surface area contributed by atoms with E-state index in [0.717, 1.165) is 10.3 Å². The van der Waals surface area contributed by atoms with Gasteiger partial charge in [-0.15, -0.1) is 11.8 Å². The van der Waals surface area contributed by atoms with Crippen LogP contribution in [0.4, 0.5) is 5.69 Å². The van der Waals surface area contributed by atoms with Gasteiger partial charge in [0, 0.05) is 11.0 Å². The lowest BCUT2D eigenvalue weighted by atomic mass is 10.1. The first-order chi connectivity index (χ1) is 12.6. The molecule has 0 saturated carbocycles. The number of anilines is 1. The number of thioether (sulfide) groups is 1. The number of methoxy groups -OCH3 is 2. The summed E-state index contributed by atoms with van der Waals surface area (Å²) in [4.78, 5) is 13.4. The van der Waals surface area contributed by atoms with E-state index in [-0.39, 0.29) is 11.7 Å². The third-order valence-electron chi connectivity index (χ3n) is 3.84. The van der Waals surface area contributed by atoms with Crippen LogP contribution in [0, 0.1) is 0 Å². The third-order valence-corrected chi connectivity index (χ3v) is 5.13. The van der Waals surface area contributed by atoms with E-state index in [1.54, 1.807) is 12.1 Å². The van der Waals surface area contributed by atoms with Crippen molar-refractivity contribution in [1.29, 1.82) is 0 Å². The molecule has 0 aliphatic heterocycles. The lowest BCUT2D eigenvalue weighted by Gasteiger charge is -2.13. The van der Waals surface area contributed by atoms with Crippen LogP contribution < -0.4 is 14.8 Å². The number of carbonyl (C=O) groups is 1. The van der Waals surface area contributed by atoms with E-state index in [0.29, 0.717) is 22.2 Å². The maximum atomic E-state index is 12.3. The lowest BCUT2D eigenvalue weighted by molar-refractivity contribution is -0.113. The van der Waals surface area contributed by atoms with E-state index < -0.39 is 0 Å². The Morgan fingerprint density at radius 2 is 1.73 bits per heavy atom. The highest BCUT2D eigenvalue weighted by Gasteiger charge is 2.13. The number of fused-ring (bicyclic) bond motifs is 1. The van der Waals surface area contributed by atoms with Crippen LogP contribution in [0.15, 0.2) is 59.5 Å². The first kappa shape index (κ1) is 18.4. The van der Waals surface area contributed by atoms with Gasteiger partial charge in [-0.3, -0.25) is 4.79 Å². The second-order valence-electron chi connectivity index (χ2n) is 5.53. The molecule has 0 unspecified atom stereocenters. The van der Waals surface area contributed by atoms with Gasteiger partial charge in [-0.2, -0.15) is 0 Å². The Hall–Kier alpha value is -2.37. The number of benzene rings is 3. The van der Waals surface area contributed by atoms with Crippen molar-refractivity contribution in [3.63, 3.8) is 0 Å². The zero-order valence-electron chi connectivity index (χ0n) is 14.4. The van der Waals surface area contributed by atoms with E-state index >= 15 is 0 Å². The van der Waals surface area contributed by atoms with E-state index in [1.165, 1.54) is 31.4 Å². The van der Waals surface area contributed by atoms with Gasteiger partial charge in [0.1, 0.15) is 11.5 Å². The van der Waals surface area contributed by atoms with Gasteiger partial charge in [-0.25, -0.2) is 0 Å². The number of halogens is 1. The molecule has 0 radical (unpaired) electrons. The Bertz CT molecular complexity index is 945. The zero-order valence-corrected chi connectivity index (χ0v) is 16.0. The average molecular weight is 388 g/mol. The first-order valence-electron chi connectivity index (χ1n) is 7.93. The molecule has 1 amide bonds. The van der Waals surface area contributed by atoms with Gasteiger partial charge < -0.3 is 14.8 Å². The van der Waals surface area contributed by atoms with Crippen LogP contribution in [-0.2, 0) is 4.79 Å². The van der Waals surface area contributed by atoms with Crippen molar-refractivity contribution in [2.45, 2.75) is 4.90 Å². The molecule has 4 nitrogen and oxygen atoms in total. The molecule has 1 N–H and O–H groups in total. The Balaban J connectivity index is 1.67. The van der Waals surface area contributed by atoms with Crippen LogP contribution in [0.3, 0.4) is 0 Å². The molecule has 3 aromatic rings. The Kier molecular flexibility index (Phi) is 5.91. The molecule has 0 heterocycles. The van der Waals surface area contributed by atoms with Crippen molar-refractivity contribution in [1.82, 2.24) is 0 Å². The molecule has 0 bridgehead atoms. The second-order valence-corrected chi connectivity index (χ2v) is 6.99. The van der Waals surface area contributed by atoms with Crippen LogP contribution in [0.25, 0.3) is 10.8 Å². The standard InChI is InChI=1S/C20H18ClNO3S/c1-24-18-11-19(25-2)17(10-16(18)21)22-20(23)12-26-15-8-7-13-5-3-4-6-14(13)9-15/h3-11H,12H2,1-2H3,(H,22,23). The highest BCUT2D eigenvalue weighted by Crippen LogP contribution is 2.36. The van der Waals surface area contributed by atoms with Crippen LogP contribution >= 0.6 is 23.4 Å². The van der Waals surface area contributed by atoms with Gasteiger partial charge in [-0.05, 0) is 29.0 Å². The minimum Gasteiger partial charge on any atom is -0.495 e. The number of rotatable bonds is 6. The van der Waals surface area contributed by atoms with Gasteiger partial charge in [0.05, 0.1) is 30.7 Å². The van der Waals surface area contributed by atoms with Gasteiger partial charge in [0.25, 0.3) is 0 Å². The quantitative estimate of drug-likeness (QED) is 0.587. The zero-order chi connectivity index (χ0) is 18.5. The third kappa shape index (κ3) is 4.23. The van der Waals surface area contributed by atoms with E-state index in [9.17, 15) is 4.79 Å². The molecular weight excluding hydrogens is 370 g/mol. The average Bonchev–Trinajstić information content (AvgIpc) is 2.66. The number of hydrogen-bond acceptors (Lipinski definition) is 4. The molecule has 0 atom stereocenters. The Morgan fingerprint density at radius 1 is 1.00 bits per heavy atom. The summed E-state index contributed by atoms with van der Waals surface area (Å²) in [7, 11) is 3.06. The van der Waals surface area contributed by atoms with Crippen LogP contribution in [0.1, 0.15) is 0 Å². The fraction of sp³-hybridized carbons (Fsp3) is 0.150. The molecule has 0 aromatic heterocycles. The molecule has 26 heavy (non-hydrogen) atoms. The molecule has 3 rings (SSSR count). The molecule has 0 spiro atoms. The van der Waals surface area contributed by atoms with Gasteiger partial charge in [0.15, 0.2) is 0 Å². The fourth-order valence-corrected chi connectivity index (χ4v) is 3.54. The minimum absolute atomic E-state index is 0.136. The highest BCUT2D eigenvalue weighted by atomic mass is 35.5. The van der Waals surface area contributed by atoms with E-state index in [1.807, 2.05) is 18.2 Å². The largest absolute Gasteiger partial charge is 0.495 e. The van der Waals surface area contributed by atoms with Crippen LogP contribution in [-0.4, -0.2) is 25.9 Å². The number of nitrogens with one attached hydrogen (secondary N) is 1. The number of ether oxygens (including phenoxy) is 2. The van der Waals surface area contributed by atoms with Crippen molar-refractivity contribution in [3.8, 4) is 11.5 Å². The summed E-state index contributed by atoms with van der Waals surface area (Å²) in [5.41, 5.74) is 0.516. The maximum Gasteiger partial charge on any atom is 0.234 e. The molecular formula is C20H18ClNO3S. The predicted molar refractivity (Wildman–Crippen MR) is 108 cm³/mol. The van der Waals surface area contributed by atoms with Crippen LogP contribution in [0.2, 0.25) is 5.02 Å². The van der Waals surface area contributed by atoms with Gasteiger partial charge in [0.2, 0.25) is 5.91 Å². The van der Waals surface area contributed by atoms with E-state index in [4.69, 9.17) is 21.1 Å². The smallest absolute Gasteiger partial charge is 0.234 e. The van der Waals surface area contributed by atoms with Gasteiger partial charge in [-0.1, -0.05) is 41.9 Å². The summed E-state index contributed by atoms with van der Waals surface area (Å²) < 4.78 is 10.5. The van der Waals surface area contributed by atoms with Gasteiger partial charge >= 0.3 is 0 Å². The summed E-state index contributed by atoms with van der Waals surface area (Å²) in [6.07, 6.45) is 0. The molecule has 6 heteroatoms. The molecule has 134 valence electrons. The first-order valence-corrected chi connectivity index (χ1v) is 9.30. The molecule has 3 aromatic carbocycles. The minimum atomic E-state index is -0.136. The molecule has 0 saturated heterocycles. The number of hydrogen-bond donors (Lipinski definition) is 1. The topological polar surface area (TPSA) is 47.6 Å². The van der Waals surface area contributed by atoms with Crippen LogP contribution in [0.5, 0.6) is 11.5 Å². The summed E-state index contributed by atoms with van der Waals surface area (Å²) in [5, 5.41) is 5.58. The second kappa shape index (κ2) is 8.34. The molecule has 0 fully saturated rings. The fourth-order valence-electron chi connectivity index (χ4n) is 2.55. The van der Waals surface area contributed by atoms with Crippen molar-refractivity contribution < 1.29 is 14.3 Å². The molecule has 0 aliphatic carbocycles. The Morgan fingerprint density at radius 3 is 2.46 bits per heavy atom. The highest BCUT2D eigenvalue weighted by molar-refractivity contribution is 8.00. The number of amides is 1. The van der Waals surface area contributed by atoms with Crippen molar-refractivity contribution >= 4 is 45.7 Å². The molecule has 0 aliphatic rings. The summed E-state index contributed by atoms with van der Waals surface area (Å²) in [5.74, 6) is 1.13. The maximum absolute atomic E-state index is 12.3. The summed E-state index contributed by atoms with van der Waals surface area (Å²) in [6, 6.07) is 17.6. The predicted octanol–water partition coefficient (Wildman–Crippen LogP) is 5.24. The van der Waals surface area contributed by atoms with E-state index in [2.05, 4.69) is 29.6 Å². The Labute approximate surface area is 161 Å².